The van der Waals surface area contributed by atoms with Crippen LogP contribution in [0.5, 0.6) is 0 Å². The van der Waals surface area contributed by atoms with Gasteiger partial charge in [-0.3, -0.25) is 0 Å². The second kappa shape index (κ2) is 12.5. The van der Waals surface area contributed by atoms with E-state index in [1.807, 2.05) is 97.1 Å². The lowest BCUT2D eigenvalue weighted by molar-refractivity contribution is 0.630. The van der Waals surface area contributed by atoms with Gasteiger partial charge in [-0.1, -0.05) is 71.7 Å². The Labute approximate surface area is 195 Å². The number of hydrogen-bond donors (Lipinski definition) is 2. The van der Waals surface area contributed by atoms with Crippen molar-refractivity contribution in [2.24, 2.45) is 0 Å². The zero-order valence-electron chi connectivity index (χ0n) is 16.4. The first-order valence-corrected chi connectivity index (χ1v) is 10.5. The number of hydrogen-bond acceptors (Lipinski definition) is 4. The first-order chi connectivity index (χ1) is 14.9. The van der Waals surface area contributed by atoms with Crippen LogP contribution in [0.25, 0.3) is 22.3 Å². The van der Waals surface area contributed by atoms with Gasteiger partial charge < -0.3 is 11.5 Å². The quantitative estimate of drug-likeness (QED) is 0.327. The smallest absolute Gasteiger partial charge is 0.335 e. The number of rotatable bonds is 2. The van der Waals surface area contributed by atoms with E-state index in [-0.39, 0.29) is 0 Å². The van der Waals surface area contributed by atoms with Crippen molar-refractivity contribution < 1.29 is 8.42 Å². The molecule has 4 N–H and O–H groups in total. The lowest BCUT2D eigenvalue weighted by Gasteiger charge is -2.01. The van der Waals surface area contributed by atoms with Gasteiger partial charge in [0.15, 0.2) is 0 Å². The second-order valence-corrected chi connectivity index (χ2v) is 7.33. The molecule has 0 atom stereocenters. The van der Waals surface area contributed by atoms with Gasteiger partial charge in [0.05, 0.1) is 0 Å². The van der Waals surface area contributed by atoms with E-state index >= 15 is 0 Å². The molecule has 0 spiro atoms. The fourth-order valence-electron chi connectivity index (χ4n) is 2.64. The Bertz CT molecular complexity index is 936. The molecule has 0 fully saturated rings. The summed E-state index contributed by atoms with van der Waals surface area (Å²) in [6.45, 7) is 0. The molecule has 0 saturated heterocycles. The molecule has 0 aromatic heterocycles. The molecule has 0 radical (unpaired) electrons. The topological polar surface area (TPSA) is 86.2 Å². The largest absolute Gasteiger partial charge is 0.399 e. The van der Waals surface area contributed by atoms with Crippen LogP contribution in [0.15, 0.2) is 97.1 Å². The Hall–Kier alpha value is -3.12. The van der Waals surface area contributed by atoms with E-state index < -0.39 is 11.6 Å². The molecular weight excluding hydrogens is 451 g/mol. The van der Waals surface area contributed by atoms with Crippen LogP contribution in [0, 0.1) is 0 Å². The average molecular weight is 471 g/mol. The van der Waals surface area contributed by atoms with E-state index in [4.69, 9.17) is 43.1 Å². The molecule has 0 amide bonds. The molecule has 0 heterocycles. The van der Waals surface area contributed by atoms with Crippen molar-refractivity contribution in [3.63, 3.8) is 0 Å². The molecule has 4 nitrogen and oxygen atoms in total. The number of nitrogens with two attached hydrogens (primary N) is 2. The van der Waals surface area contributed by atoms with Crippen molar-refractivity contribution in [1.82, 2.24) is 0 Å². The van der Waals surface area contributed by atoms with Crippen LogP contribution in [0.1, 0.15) is 0 Å². The van der Waals surface area contributed by atoms with E-state index in [0.29, 0.717) is 0 Å². The molecule has 4 aromatic rings. The highest BCUT2D eigenvalue weighted by molar-refractivity contribution is 7.51. The Balaban J connectivity index is 0.000000196. The van der Waals surface area contributed by atoms with Crippen molar-refractivity contribution in [3.05, 3.63) is 107 Å². The Kier molecular flexibility index (Phi) is 9.78. The van der Waals surface area contributed by atoms with Gasteiger partial charge in [-0.15, -0.1) is 0 Å². The summed E-state index contributed by atoms with van der Waals surface area (Å²) in [6, 6.07) is 31.1. The molecule has 0 aliphatic rings. The SMILES string of the molecule is Nc1ccc(-c2ccc(Cl)cc2)cc1.Nc1ccc(-c2ccc(Cl)cc2)cc1.O=S=O. The molecule has 0 aliphatic carbocycles. The monoisotopic (exact) mass is 470 g/mol. The van der Waals surface area contributed by atoms with Gasteiger partial charge in [0.2, 0.25) is 0 Å². The minimum atomic E-state index is -0.750. The van der Waals surface area contributed by atoms with E-state index in [1.54, 1.807) is 0 Å². The molecule has 0 unspecified atom stereocenters. The molecule has 0 aliphatic heterocycles. The normalized spacial score (nSPS) is 9.48. The molecular formula is C24H20Cl2N2O2S. The van der Waals surface area contributed by atoms with Crippen molar-refractivity contribution in [1.29, 1.82) is 0 Å². The van der Waals surface area contributed by atoms with Crippen LogP contribution in [0.4, 0.5) is 11.4 Å². The van der Waals surface area contributed by atoms with Gasteiger partial charge in [0, 0.05) is 21.4 Å². The minimum absolute atomic E-state index is 0.750. The Morgan fingerprint density at radius 3 is 0.871 bits per heavy atom. The number of benzene rings is 4. The molecule has 4 aromatic carbocycles. The molecule has 0 bridgehead atoms. The van der Waals surface area contributed by atoms with Crippen molar-refractivity contribution >= 4 is 46.1 Å². The van der Waals surface area contributed by atoms with Crippen molar-refractivity contribution in [2.75, 3.05) is 11.5 Å². The third-order valence-corrected chi connectivity index (χ3v) is 4.68. The Morgan fingerprint density at radius 1 is 0.452 bits per heavy atom. The fourth-order valence-corrected chi connectivity index (χ4v) is 2.89. The van der Waals surface area contributed by atoms with Gasteiger partial charge in [-0.2, -0.15) is 8.42 Å². The predicted octanol–water partition coefficient (Wildman–Crippen LogP) is 6.51. The minimum Gasteiger partial charge on any atom is -0.399 e. The Morgan fingerprint density at radius 2 is 0.645 bits per heavy atom. The predicted molar refractivity (Wildman–Crippen MR) is 132 cm³/mol. The van der Waals surface area contributed by atoms with Crippen LogP contribution < -0.4 is 11.5 Å². The highest BCUT2D eigenvalue weighted by Gasteiger charge is 1.97. The fraction of sp³-hybridized carbons (Fsp3) is 0. The zero-order valence-corrected chi connectivity index (χ0v) is 18.7. The molecule has 4 rings (SSSR count). The summed E-state index contributed by atoms with van der Waals surface area (Å²) in [7, 11) is 0. The third-order valence-electron chi connectivity index (χ3n) is 4.18. The summed E-state index contributed by atoms with van der Waals surface area (Å²) in [4.78, 5) is 0. The summed E-state index contributed by atoms with van der Waals surface area (Å²) in [5.41, 5.74) is 17.4. The van der Waals surface area contributed by atoms with Crippen molar-refractivity contribution in [2.45, 2.75) is 0 Å². The zero-order chi connectivity index (χ0) is 22.6. The average Bonchev–Trinajstić information content (AvgIpc) is 2.77. The maximum Gasteiger partial charge on any atom is 0.335 e. The summed E-state index contributed by atoms with van der Waals surface area (Å²) >= 11 is 10.9. The highest BCUT2D eigenvalue weighted by Crippen LogP contribution is 2.23. The van der Waals surface area contributed by atoms with Crippen LogP contribution in [0.3, 0.4) is 0 Å². The highest BCUT2D eigenvalue weighted by atomic mass is 35.5. The number of anilines is 2. The van der Waals surface area contributed by atoms with E-state index in [9.17, 15) is 0 Å². The van der Waals surface area contributed by atoms with Gasteiger partial charge in [-0.05, 0) is 70.8 Å². The lowest BCUT2D eigenvalue weighted by Crippen LogP contribution is -1.83. The molecule has 7 heteroatoms. The standard InChI is InChI=1S/2C12H10ClN.O2S/c2*13-11-5-1-9(2-6-11)10-3-7-12(14)8-4-10;1-3-2/h2*1-8H,14H2;. The van der Waals surface area contributed by atoms with Crippen LogP contribution in [0.2, 0.25) is 10.0 Å². The maximum atomic E-state index is 8.29. The van der Waals surface area contributed by atoms with Crippen LogP contribution in [-0.2, 0) is 11.6 Å². The number of nitrogen functional groups attached to an aromatic ring is 2. The van der Waals surface area contributed by atoms with Gasteiger partial charge in [-0.25, -0.2) is 0 Å². The van der Waals surface area contributed by atoms with E-state index in [0.717, 1.165) is 43.7 Å². The number of halogens is 2. The maximum absolute atomic E-state index is 8.29. The van der Waals surface area contributed by atoms with Gasteiger partial charge in [0.1, 0.15) is 0 Å². The van der Waals surface area contributed by atoms with E-state index in [2.05, 4.69) is 0 Å². The summed E-state index contributed by atoms with van der Waals surface area (Å²) in [5.74, 6) is 0. The first-order valence-electron chi connectivity index (χ1n) is 9.07. The summed E-state index contributed by atoms with van der Waals surface area (Å²) < 4.78 is 16.6. The van der Waals surface area contributed by atoms with E-state index in [1.165, 1.54) is 0 Å². The van der Waals surface area contributed by atoms with Gasteiger partial charge in [0.25, 0.3) is 0 Å². The first kappa shape index (κ1) is 24.2. The second-order valence-electron chi connectivity index (χ2n) is 6.33. The van der Waals surface area contributed by atoms with Crippen LogP contribution >= 0.6 is 23.2 Å². The van der Waals surface area contributed by atoms with Gasteiger partial charge >= 0.3 is 11.6 Å². The van der Waals surface area contributed by atoms with Crippen LogP contribution in [-0.4, -0.2) is 8.42 Å². The summed E-state index contributed by atoms with van der Waals surface area (Å²) in [6.07, 6.45) is 0. The van der Waals surface area contributed by atoms with Crippen molar-refractivity contribution in [3.8, 4) is 22.3 Å². The molecule has 158 valence electrons. The molecule has 0 saturated carbocycles. The summed E-state index contributed by atoms with van der Waals surface area (Å²) in [5, 5.41) is 1.51. The third kappa shape index (κ3) is 8.26. The lowest BCUT2D eigenvalue weighted by atomic mass is 10.1. The molecule has 31 heavy (non-hydrogen) atoms.